The first-order valence-corrected chi connectivity index (χ1v) is 6.13. The summed E-state index contributed by atoms with van der Waals surface area (Å²) in [5.74, 6) is 0.586. The van der Waals surface area contributed by atoms with E-state index in [2.05, 4.69) is 10.3 Å². The van der Waals surface area contributed by atoms with Gasteiger partial charge in [-0.05, 0) is 26.0 Å². The number of amides is 1. The lowest BCUT2D eigenvalue weighted by atomic mass is 10.2. The lowest BCUT2D eigenvalue weighted by molar-refractivity contribution is -0.119. The number of aromatic nitrogens is 1. The van der Waals surface area contributed by atoms with Crippen molar-refractivity contribution < 1.29 is 4.79 Å². The molecule has 1 amide bonds. The van der Waals surface area contributed by atoms with Crippen molar-refractivity contribution in [1.29, 1.82) is 0 Å². The number of likely N-dealkylation sites (N-methyl/N-ethyl adjacent to an activating group) is 2. The van der Waals surface area contributed by atoms with Gasteiger partial charge in [-0.15, -0.1) is 0 Å². The van der Waals surface area contributed by atoms with E-state index in [1.807, 2.05) is 30.9 Å². The second-order valence-corrected chi connectivity index (χ2v) is 4.32. The van der Waals surface area contributed by atoms with Crippen LogP contribution in [-0.2, 0) is 4.79 Å². The van der Waals surface area contributed by atoms with Crippen molar-refractivity contribution in [3.05, 3.63) is 23.4 Å². The molecule has 0 saturated heterocycles. The maximum Gasteiger partial charge on any atom is 0.239 e. The maximum atomic E-state index is 11.5. The van der Waals surface area contributed by atoms with Gasteiger partial charge in [0.15, 0.2) is 0 Å². The molecule has 1 aromatic rings. The van der Waals surface area contributed by atoms with E-state index in [1.54, 1.807) is 7.05 Å². The average Bonchev–Trinajstić information content (AvgIpc) is 2.35. The van der Waals surface area contributed by atoms with E-state index in [1.165, 1.54) is 0 Å². The van der Waals surface area contributed by atoms with Crippen LogP contribution in [0.4, 0.5) is 5.82 Å². The molecule has 0 atom stereocenters. The number of hydrogen-bond acceptors (Lipinski definition) is 4. The summed E-state index contributed by atoms with van der Waals surface area (Å²) in [5.41, 5.74) is 7.24. The number of pyridine rings is 1. The molecule has 6 heteroatoms. The molecule has 1 rings (SSSR count). The molecule has 1 aromatic heterocycles. The molecular formula is C12H18N4OS. The van der Waals surface area contributed by atoms with Gasteiger partial charge >= 0.3 is 0 Å². The molecule has 0 radical (unpaired) electrons. The molecule has 98 valence electrons. The number of hydrogen-bond donors (Lipinski definition) is 2. The van der Waals surface area contributed by atoms with Crippen molar-refractivity contribution in [3.8, 4) is 0 Å². The van der Waals surface area contributed by atoms with Crippen LogP contribution >= 0.6 is 12.2 Å². The molecule has 0 aromatic carbocycles. The minimum Gasteiger partial charge on any atom is -0.389 e. The van der Waals surface area contributed by atoms with Gasteiger partial charge in [-0.1, -0.05) is 12.2 Å². The highest BCUT2D eigenvalue weighted by molar-refractivity contribution is 7.80. The normalized spacial score (nSPS) is 9.94. The second-order valence-electron chi connectivity index (χ2n) is 3.88. The summed E-state index contributed by atoms with van der Waals surface area (Å²) in [4.78, 5) is 18.0. The number of thiocarbonyl (C=S) groups is 1. The fourth-order valence-electron chi connectivity index (χ4n) is 1.57. The van der Waals surface area contributed by atoms with E-state index >= 15 is 0 Å². The van der Waals surface area contributed by atoms with Gasteiger partial charge in [-0.3, -0.25) is 4.79 Å². The van der Waals surface area contributed by atoms with Crippen LogP contribution in [0.3, 0.4) is 0 Å². The standard InChI is InChI=1S/C12H18N4OS/c1-4-16(7-10(17)14-3)12-9(11(13)18)6-5-8(2)15-12/h5-6H,4,7H2,1-3H3,(H2,13,18)(H,14,17). The third-order valence-electron chi connectivity index (χ3n) is 2.57. The van der Waals surface area contributed by atoms with Gasteiger partial charge < -0.3 is 16.0 Å². The topological polar surface area (TPSA) is 71.2 Å². The van der Waals surface area contributed by atoms with Gasteiger partial charge in [0.1, 0.15) is 10.8 Å². The van der Waals surface area contributed by atoms with Gasteiger partial charge in [-0.2, -0.15) is 0 Å². The molecular weight excluding hydrogens is 248 g/mol. The zero-order valence-electron chi connectivity index (χ0n) is 10.9. The monoisotopic (exact) mass is 266 g/mol. The Kier molecular flexibility index (Phi) is 5.03. The van der Waals surface area contributed by atoms with Gasteiger partial charge in [-0.25, -0.2) is 4.98 Å². The van der Waals surface area contributed by atoms with Crippen LogP contribution in [0, 0.1) is 6.92 Å². The summed E-state index contributed by atoms with van der Waals surface area (Å²) in [6.45, 7) is 4.73. The number of nitrogens with two attached hydrogens (primary N) is 1. The van der Waals surface area contributed by atoms with Crippen LogP contribution < -0.4 is 16.0 Å². The highest BCUT2D eigenvalue weighted by atomic mass is 32.1. The summed E-state index contributed by atoms with van der Waals surface area (Å²) in [5, 5.41) is 2.59. The Balaban J connectivity index is 3.14. The SMILES string of the molecule is CCN(CC(=O)NC)c1nc(C)ccc1C(N)=S. The highest BCUT2D eigenvalue weighted by Crippen LogP contribution is 2.18. The van der Waals surface area contributed by atoms with Gasteiger partial charge in [0, 0.05) is 19.3 Å². The molecule has 18 heavy (non-hydrogen) atoms. The van der Waals surface area contributed by atoms with Gasteiger partial charge in [0.25, 0.3) is 0 Å². The van der Waals surface area contributed by atoms with Crippen LogP contribution in [0.15, 0.2) is 12.1 Å². The molecule has 0 spiro atoms. The summed E-state index contributed by atoms with van der Waals surface area (Å²) in [7, 11) is 1.61. The number of aryl methyl sites for hydroxylation is 1. The van der Waals surface area contributed by atoms with Crippen LogP contribution in [0.2, 0.25) is 0 Å². The number of nitrogens with zero attached hydrogens (tertiary/aromatic N) is 2. The predicted octanol–water partition coefficient (Wildman–Crippen LogP) is 0.597. The molecule has 5 nitrogen and oxygen atoms in total. The minimum absolute atomic E-state index is 0.0750. The van der Waals surface area contributed by atoms with Crippen molar-refractivity contribution in [1.82, 2.24) is 10.3 Å². The summed E-state index contributed by atoms with van der Waals surface area (Å²) < 4.78 is 0. The van der Waals surface area contributed by atoms with Crippen molar-refractivity contribution in [2.45, 2.75) is 13.8 Å². The second kappa shape index (κ2) is 6.30. The number of carbonyl (C=O) groups is 1. The molecule has 0 aliphatic rings. The molecule has 0 unspecified atom stereocenters. The van der Waals surface area contributed by atoms with Crippen molar-refractivity contribution in [2.75, 3.05) is 25.0 Å². The van der Waals surface area contributed by atoms with Gasteiger partial charge in [0.2, 0.25) is 5.91 Å². The number of carbonyl (C=O) groups excluding carboxylic acids is 1. The van der Waals surface area contributed by atoms with Gasteiger partial charge in [0.05, 0.1) is 12.1 Å². The van der Waals surface area contributed by atoms with E-state index in [-0.39, 0.29) is 17.4 Å². The maximum absolute atomic E-state index is 11.5. The zero-order chi connectivity index (χ0) is 13.7. The summed E-state index contributed by atoms with van der Waals surface area (Å²) in [6, 6.07) is 3.69. The van der Waals surface area contributed by atoms with Crippen molar-refractivity contribution >= 4 is 28.9 Å². The molecule has 1 heterocycles. The van der Waals surface area contributed by atoms with E-state index < -0.39 is 0 Å². The summed E-state index contributed by atoms with van der Waals surface area (Å²) in [6.07, 6.45) is 0. The third-order valence-corrected chi connectivity index (χ3v) is 2.79. The van der Waals surface area contributed by atoms with Crippen LogP contribution in [0.1, 0.15) is 18.2 Å². The Bertz CT molecular complexity index is 461. The smallest absolute Gasteiger partial charge is 0.239 e. The summed E-state index contributed by atoms with van der Waals surface area (Å²) >= 11 is 5.01. The Morgan fingerprint density at radius 3 is 2.72 bits per heavy atom. The number of rotatable bonds is 5. The largest absolute Gasteiger partial charge is 0.389 e. The molecule has 0 bridgehead atoms. The quantitative estimate of drug-likeness (QED) is 0.764. The van der Waals surface area contributed by atoms with Crippen molar-refractivity contribution in [2.24, 2.45) is 5.73 Å². The first kappa shape index (κ1) is 14.4. The Morgan fingerprint density at radius 1 is 1.56 bits per heavy atom. The lowest BCUT2D eigenvalue weighted by Gasteiger charge is -2.23. The Hall–Kier alpha value is -1.69. The number of nitrogens with one attached hydrogen (secondary N) is 1. The predicted molar refractivity (Wildman–Crippen MR) is 76.8 cm³/mol. The highest BCUT2D eigenvalue weighted by Gasteiger charge is 2.16. The molecule has 0 aliphatic heterocycles. The molecule has 0 saturated carbocycles. The van der Waals surface area contributed by atoms with E-state index in [4.69, 9.17) is 18.0 Å². The van der Waals surface area contributed by atoms with E-state index in [9.17, 15) is 4.79 Å². The van der Waals surface area contributed by atoms with Crippen molar-refractivity contribution in [3.63, 3.8) is 0 Å². The molecule has 3 N–H and O–H groups in total. The third kappa shape index (κ3) is 3.40. The number of anilines is 1. The van der Waals surface area contributed by atoms with Crippen LogP contribution in [0.25, 0.3) is 0 Å². The zero-order valence-corrected chi connectivity index (χ0v) is 11.7. The average molecular weight is 266 g/mol. The molecule has 0 fully saturated rings. The fraction of sp³-hybridized carbons (Fsp3) is 0.417. The van der Waals surface area contributed by atoms with Crippen LogP contribution in [-0.4, -0.2) is 36.0 Å². The Labute approximate surface area is 112 Å². The minimum atomic E-state index is -0.0750. The molecule has 0 aliphatic carbocycles. The first-order valence-electron chi connectivity index (χ1n) is 5.72. The first-order chi connectivity index (χ1) is 8.49. The fourth-order valence-corrected chi connectivity index (χ4v) is 1.72. The lowest BCUT2D eigenvalue weighted by Crippen LogP contribution is -2.37. The Morgan fingerprint density at radius 2 is 2.22 bits per heavy atom. The van der Waals surface area contributed by atoms with Crippen LogP contribution in [0.5, 0.6) is 0 Å². The van der Waals surface area contributed by atoms with E-state index in [0.717, 1.165) is 5.69 Å². The van der Waals surface area contributed by atoms with E-state index in [0.29, 0.717) is 17.9 Å².